The number of hydrogen-bond acceptors (Lipinski definition) is 8. The van der Waals surface area contributed by atoms with Crippen LogP contribution < -0.4 is 13.5 Å². The molecule has 0 radical (unpaired) electrons. The molecule has 4 aliphatic heterocycles. The van der Waals surface area contributed by atoms with Crippen molar-refractivity contribution in [3.05, 3.63) is 211 Å². The standard InChI is InChI=1S/C32H36Cl2N2S2Si.C18H24ClNSSi.C14H14ClNS.CH4/c1-3-39(4-2,31-17-25-21-35(15-13-29(25)37-31)19-23-9-5-7-11-27(23)33)32-18-26-22-36(16-14-30(26)38-32)20-24-10-6-8-12-28(24)34;1-3-22(4-2)18-11-15-13-20(10-9-17(15)21-18)12-14-7-5-6-8-16(14)19;15-13-4-2-1-3-11(13)9-16-7-5-14-12(10-16)6-8-17-14;/h5-12,17-18H,3-4,13-16,19-22H2,1-2H3;5-8,11,22H,3-4,9-10,12-13H2,1-2H3;1-4,6,8H,5,7,9-10H2;1H4. The molecule has 0 aliphatic carbocycles. The van der Waals surface area contributed by atoms with Crippen molar-refractivity contribution < 1.29 is 0 Å². The molecule has 79 heavy (non-hydrogen) atoms. The van der Waals surface area contributed by atoms with Gasteiger partial charge < -0.3 is 0 Å². The first-order valence-electron chi connectivity index (χ1n) is 28.3. The normalized spacial score (nSPS) is 15.7. The van der Waals surface area contributed by atoms with Crippen LogP contribution in [0.4, 0.5) is 0 Å². The Morgan fingerprint density at radius 2 is 0.772 bits per heavy atom. The topological polar surface area (TPSA) is 13.0 Å². The summed E-state index contributed by atoms with van der Waals surface area (Å²) in [6, 6.07) is 48.2. The molecule has 8 aromatic rings. The second kappa shape index (κ2) is 28.6. The van der Waals surface area contributed by atoms with E-state index < -0.39 is 16.9 Å². The molecule has 4 aromatic heterocycles. The smallest absolute Gasteiger partial charge is 0.142 e. The number of hydrogen-bond donors (Lipinski definition) is 0. The fourth-order valence-corrected chi connectivity index (χ4v) is 28.2. The Hall–Kier alpha value is -2.89. The zero-order valence-corrected chi connectivity index (χ0v) is 54.2. The first-order chi connectivity index (χ1) is 38.0. The number of benzene rings is 4. The van der Waals surface area contributed by atoms with Crippen molar-refractivity contribution >= 4 is 122 Å². The second-order valence-corrected chi connectivity index (χ2v) is 37.1. The highest BCUT2D eigenvalue weighted by atomic mass is 35.5. The largest absolute Gasteiger partial charge is 0.294 e. The minimum atomic E-state index is -1.78. The van der Waals surface area contributed by atoms with Gasteiger partial charge in [0.2, 0.25) is 0 Å². The molecule has 4 aliphatic rings. The maximum absolute atomic E-state index is 6.49. The lowest BCUT2D eigenvalue weighted by atomic mass is 10.1. The lowest BCUT2D eigenvalue weighted by Crippen LogP contribution is -2.54. The molecule has 8 heterocycles. The van der Waals surface area contributed by atoms with E-state index in [0.29, 0.717) is 0 Å². The van der Waals surface area contributed by atoms with Crippen molar-refractivity contribution in [3.8, 4) is 0 Å². The van der Waals surface area contributed by atoms with Crippen LogP contribution in [-0.2, 0) is 78.0 Å². The van der Waals surface area contributed by atoms with Gasteiger partial charge in [-0.1, -0.05) is 178 Å². The minimum absolute atomic E-state index is 0. The van der Waals surface area contributed by atoms with Gasteiger partial charge in [0.15, 0.2) is 0 Å². The van der Waals surface area contributed by atoms with Crippen LogP contribution in [0.2, 0.25) is 44.3 Å². The summed E-state index contributed by atoms with van der Waals surface area (Å²) in [4.78, 5) is 16.6. The van der Waals surface area contributed by atoms with E-state index in [4.69, 9.17) is 46.4 Å². The van der Waals surface area contributed by atoms with Gasteiger partial charge in [-0.05, 0) is 138 Å². The molecule has 12 rings (SSSR count). The maximum Gasteiger partial charge on any atom is 0.142 e. The summed E-state index contributed by atoms with van der Waals surface area (Å²) in [6.45, 7) is 22.1. The summed E-state index contributed by atoms with van der Waals surface area (Å²) in [5.74, 6) is 0. The molecule has 0 unspecified atom stereocenters. The van der Waals surface area contributed by atoms with Crippen LogP contribution >= 0.6 is 91.8 Å². The van der Waals surface area contributed by atoms with Crippen LogP contribution in [0.5, 0.6) is 0 Å². The van der Waals surface area contributed by atoms with E-state index in [0.717, 1.165) is 111 Å². The first-order valence-corrected chi connectivity index (χ1v) is 37.7. The Bertz CT molecular complexity index is 3140. The summed E-state index contributed by atoms with van der Waals surface area (Å²) in [7, 11) is -2.45. The molecule has 0 fully saturated rings. The Labute approximate surface area is 511 Å². The molecule has 0 spiro atoms. The zero-order valence-electron chi connectivity index (χ0n) is 45.8. The quantitative estimate of drug-likeness (QED) is 0.0949. The summed E-state index contributed by atoms with van der Waals surface area (Å²) >= 11 is 33.8. The third kappa shape index (κ3) is 14.7. The van der Waals surface area contributed by atoms with E-state index in [2.05, 4.69) is 159 Å². The third-order valence-electron chi connectivity index (χ3n) is 16.7. The zero-order chi connectivity index (χ0) is 54.2. The fraction of sp³-hybridized carbons (Fsp3) is 0.385. The van der Waals surface area contributed by atoms with Gasteiger partial charge in [-0.3, -0.25) is 19.6 Å². The number of nitrogens with zero attached hydrogens (tertiary/aromatic N) is 4. The van der Waals surface area contributed by atoms with E-state index in [1.807, 2.05) is 59.9 Å². The Kier molecular flexibility index (Phi) is 22.0. The number of rotatable bonds is 15. The molecule has 4 aromatic carbocycles. The predicted molar refractivity (Wildman–Crippen MR) is 355 cm³/mol. The molecule has 0 N–H and O–H groups in total. The van der Waals surface area contributed by atoms with E-state index in [-0.39, 0.29) is 7.43 Å². The predicted octanol–water partition coefficient (Wildman–Crippen LogP) is 16.9. The maximum atomic E-state index is 6.49. The van der Waals surface area contributed by atoms with Crippen molar-refractivity contribution in [2.75, 3.05) is 26.2 Å². The second-order valence-electron chi connectivity index (χ2n) is 21.6. The fourth-order valence-electron chi connectivity index (χ4n) is 11.9. The van der Waals surface area contributed by atoms with Gasteiger partial charge in [0, 0.05) is 118 Å². The van der Waals surface area contributed by atoms with Crippen LogP contribution in [0.3, 0.4) is 0 Å². The van der Waals surface area contributed by atoms with Crippen LogP contribution in [0.25, 0.3) is 0 Å². The van der Waals surface area contributed by atoms with Crippen LogP contribution in [0, 0.1) is 0 Å². The summed E-state index contributed by atoms with van der Waals surface area (Å²) in [5.41, 5.74) is 11.1. The average Bonchev–Trinajstić information content (AvgIpc) is 4.33. The molecule has 0 saturated carbocycles. The van der Waals surface area contributed by atoms with Crippen LogP contribution in [-0.4, -0.2) is 62.6 Å². The van der Waals surface area contributed by atoms with Crippen molar-refractivity contribution in [1.29, 1.82) is 0 Å². The third-order valence-corrected chi connectivity index (χ3v) is 34.2. The lowest BCUT2D eigenvalue weighted by molar-refractivity contribution is 0.247. The van der Waals surface area contributed by atoms with Gasteiger partial charge in [0.25, 0.3) is 0 Å². The van der Waals surface area contributed by atoms with Crippen LogP contribution in [0.15, 0.2) is 127 Å². The highest BCUT2D eigenvalue weighted by molar-refractivity contribution is 7.37. The summed E-state index contributed by atoms with van der Waals surface area (Å²) in [6.07, 6.45) is 4.69. The highest BCUT2D eigenvalue weighted by Gasteiger charge is 2.39. The van der Waals surface area contributed by atoms with Gasteiger partial charge in [-0.2, -0.15) is 11.3 Å². The molecule has 418 valence electrons. The van der Waals surface area contributed by atoms with Gasteiger partial charge >= 0.3 is 0 Å². The van der Waals surface area contributed by atoms with E-state index in [1.165, 1.54) is 64.8 Å². The Balaban J connectivity index is 0.000000159. The molecular weight excluding hydrogens is 1160 g/mol. The SMILES string of the molecule is C.CC[SiH](CC)c1cc2c(s1)CCN(Cc1ccccc1Cl)C2.CC[Si](CC)(c1cc2c(s1)CCN(Cc1ccccc1Cl)C2)c1cc2c(s1)CCN(Cc1ccccc1Cl)C2.Clc1ccccc1CN1CCc2sccc2C1. The van der Waals surface area contributed by atoms with Crippen molar-refractivity contribution in [3.63, 3.8) is 0 Å². The Morgan fingerprint density at radius 3 is 1.14 bits per heavy atom. The van der Waals surface area contributed by atoms with Gasteiger partial charge in [-0.25, -0.2) is 0 Å². The van der Waals surface area contributed by atoms with Gasteiger partial charge in [0.05, 0.1) is 8.80 Å². The van der Waals surface area contributed by atoms with Gasteiger partial charge in [0.1, 0.15) is 8.07 Å². The number of thiophene rings is 4. The van der Waals surface area contributed by atoms with E-state index >= 15 is 0 Å². The van der Waals surface area contributed by atoms with Crippen molar-refractivity contribution in [2.24, 2.45) is 0 Å². The molecule has 0 atom stereocenters. The molecule has 4 nitrogen and oxygen atoms in total. The molecule has 0 bridgehead atoms. The average molecular weight is 1240 g/mol. The van der Waals surface area contributed by atoms with Crippen molar-refractivity contribution in [2.45, 2.75) is 137 Å². The van der Waals surface area contributed by atoms with Crippen molar-refractivity contribution in [1.82, 2.24) is 19.6 Å². The number of halogens is 4. The Morgan fingerprint density at radius 1 is 0.430 bits per heavy atom. The van der Waals surface area contributed by atoms with Gasteiger partial charge in [-0.15, -0.1) is 34.0 Å². The minimum Gasteiger partial charge on any atom is -0.294 e. The van der Waals surface area contributed by atoms with Crippen LogP contribution in [0.1, 0.15) is 99.1 Å². The summed E-state index contributed by atoms with van der Waals surface area (Å²) in [5, 5.41) is 5.73. The molecule has 0 amide bonds. The number of fused-ring (bicyclic) bond motifs is 4. The lowest BCUT2D eigenvalue weighted by Gasteiger charge is -2.27. The summed E-state index contributed by atoms with van der Waals surface area (Å²) < 4.78 is 5.13. The first kappa shape index (κ1) is 60.7. The molecule has 14 heteroatoms. The van der Waals surface area contributed by atoms with E-state index in [1.54, 1.807) is 49.7 Å². The molecular formula is C65H78Cl4N4S4Si2. The highest BCUT2D eigenvalue weighted by Crippen LogP contribution is 2.34. The molecule has 0 saturated heterocycles. The monoisotopic (exact) mass is 1240 g/mol. The van der Waals surface area contributed by atoms with E-state index in [9.17, 15) is 0 Å².